The number of imidazole rings is 1. The van der Waals surface area contributed by atoms with E-state index >= 15 is 0 Å². The maximum atomic E-state index is 11.9. The van der Waals surface area contributed by atoms with Crippen LogP contribution >= 0.6 is 0 Å². The molecule has 1 aromatic heterocycles. The van der Waals surface area contributed by atoms with Gasteiger partial charge in [0.15, 0.2) is 6.61 Å². The molecule has 6 heteroatoms. The molecule has 1 N–H and O–H groups in total. The molecule has 0 bridgehead atoms. The SMILES string of the molecule is N#Cc1ccc(OCC(=O)NCc2ccc(Cn3ccnc3)cc2)cc1. The highest BCUT2D eigenvalue weighted by Gasteiger charge is 2.04. The number of amides is 1. The Morgan fingerprint density at radius 1 is 1.12 bits per heavy atom. The molecule has 0 aliphatic rings. The number of nitrogens with one attached hydrogen (secondary N) is 1. The Balaban J connectivity index is 1.43. The molecule has 0 spiro atoms. The summed E-state index contributed by atoms with van der Waals surface area (Å²) in [4.78, 5) is 15.9. The molecular weight excluding hydrogens is 328 g/mol. The summed E-state index contributed by atoms with van der Waals surface area (Å²) in [6.07, 6.45) is 5.45. The van der Waals surface area contributed by atoms with E-state index in [0.29, 0.717) is 17.9 Å². The van der Waals surface area contributed by atoms with E-state index < -0.39 is 0 Å². The number of ether oxygens (including phenoxy) is 1. The first-order chi connectivity index (χ1) is 12.7. The van der Waals surface area contributed by atoms with Crippen molar-refractivity contribution < 1.29 is 9.53 Å². The minimum absolute atomic E-state index is 0.0649. The molecule has 0 fully saturated rings. The molecule has 3 aromatic rings. The predicted molar refractivity (Wildman–Crippen MR) is 96.3 cm³/mol. The van der Waals surface area contributed by atoms with E-state index in [4.69, 9.17) is 10.00 Å². The monoisotopic (exact) mass is 346 g/mol. The topological polar surface area (TPSA) is 79.9 Å². The Hall–Kier alpha value is -3.59. The third-order valence-corrected chi connectivity index (χ3v) is 3.79. The Kier molecular flexibility index (Phi) is 5.63. The van der Waals surface area contributed by atoms with Gasteiger partial charge in [-0.1, -0.05) is 24.3 Å². The van der Waals surface area contributed by atoms with Gasteiger partial charge in [0, 0.05) is 25.5 Å². The Morgan fingerprint density at radius 3 is 2.50 bits per heavy atom. The van der Waals surface area contributed by atoms with Gasteiger partial charge >= 0.3 is 0 Å². The summed E-state index contributed by atoms with van der Waals surface area (Å²) in [6.45, 7) is 1.15. The van der Waals surface area contributed by atoms with Crippen molar-refractivity contribution in [1.82, 2.24) is 14.9 Å². The zero-order valence-corrected chi connectivity index (χ0v) is 14.1. The van der Waals surface area contributed by atoms with Crippen molar-refractivity contribution in [3.05, 3.63) is 83.9 Å². The fourth-order valence-electron chi connectivity index (χ4n) is 2.38. The average molecular weight is 346 g/mol. The molecule has 0 saturated heterocycles. The van der Waals surface area contributed by atoms with Crippen LogP contribution in [0.3, 0.4) is 0 Å². The summed E-state index contributed by atoms with van der Waals surface area (Å²) in [5, 5.41) is 11.6. The summed E-state index contributed by atoms with van der Waals surface area (Å²) in [5.41, 5.74) is 2.74. The molecule has 2 aromatic carbocycles. The quantitative estimate of drug-likeness (QED) is 0.713. The second-order valence-corrected chi connectivity index (χ2v) is 5.75. The lowest BCUT2D eigenvalue weighted by Crippen LogP contribution is -2.28. The summed E-state index contributed by atoms with van der Waals surface area (Å²) in [5.74, 6) is 0.361. The normalized spacial score (nSPS) is 10.1. The van der Waals surface area contributed by atoms with E-state index in [1.807, 2.05) is 41.1 Å². The summed E-state index contributed by atoms with van der Waals surface area (Å²) >= 11 is 0. The van der Waals surface area contributed by atoms with Gasteiger partial charge in [-0.3, -0.25) is 4.79 Å². The lowest BCUT2D eigenvalue weighted by atomic mass is 10.1. The number of carbonyl (C=O) groups excluding carboxylic acids is 1. The van der Waals surface area contributed by atoms with Crippen LogP contribution in [-0.2, 0) is 17.9 Å². The predicted octanol–water partition coefficient (Wildman–Crippen LogP) is 2.50. The molecule has 3 rings (SSSR count). The van der Waals surface area contributed by atoms with Crippen LogP contribution in [0.2, 0.25) is 0 Å². The van der Waals surface area contributed by atoms with E-state index in [0.717, 1.165) is 12.1 Å². The second kappa shape index (κ2) is 8.49. The van der Waals surface area contributed by atoms with E-state index in [1.54, 1.807) is 36.8 Å². The van der Waals surface area contributed by atoms with Crippen LogP contribution in [0.5, 0.6) is 5.75 Å². The van der Waals surface area contributed by atoms with Gasteiger partial charge in [0.2, 0.25) is 0 Å². The minimum Gasteiger partial charge on any atom is -0.484 e. The molecule has 130 valence electrons. The number of carbonyl (C=O) groups is 1. The van der Waals surface area contributed by atoms with E-state index in [2.05, 4.69) is 10.3 Å². The largest absolute Gasteiger partial charge is 0.484 e. The molecular formula is C20H18N4O2. The maximum Gasteiger partial charge on any atom is 0.258 e. The first kappa shape index (κ1) is 17.2. The number of hydrogen-bond donors (Lipinski definition) is 1. The van der Waals surface area contributed by atoms with Gasteiger partial charge in [-0.25, -0.2) is 4.98 Å². The fourth-order valence-corrected chi connectivity index (χ4v) is 2.38. The van der Waals surface area contributed by atoms with Crippen molar-refractivity contribution in [2.45, 2.75) is 13.1 Å². The van der Waals surface area contributed by atoms with E-state index in [-0.39, 0.29) is 12.5 Å². The zero-order chi connectivity index (χ0) is 18.2. The van der Waals surface area contributed by atoms with Crippen molar-refractivity contribution in [2.75, 3.05) is 6.61 Å². The molecule has 0 unspecified atom stereocenters. The van der Waals surface area contributed by atoms with Crippen molar-refractivity contribution in [3.63, 3.8) is 0 Å². The third-order valence-electron chi connectivity index (χ3n) is 3.79. The van der Waals surface area contributed by atoms with Crippen LogP contribution in [0.1, 0.15) is 16.7 Å². The smallest absolute Gasteiger partial charge is 0.258 e. The molecule has 0 saturated carbocycles. The van der Waals surface area contributed by atoms with Gasteiger partial charge in [0.25, 0.3) is 5.91 Å². The van der Waals surface area contributed by atoms with Crippen LogP contribution in [-0.4, -0.2) is 22.1 Å². The van der Waals surface area contributed by atoms with Crippen molar-refractivity contribution in [3.8, 4) is 11.8 Å². The van der Waals surface area contributed by atoms with Gasteiger partial charge < -0.3 is 14.6 Å². The zero-order valence-electron chi connectivity index (χ0n) is 14.1. The highest BCUT2D eigenvalue weighted by molar-refractivity contribution is 5.77. The van der Waals surface area contributed by atoms with Gasteiger partial charge in [0.05, 0.1) is 18.0 Å². The summed E-state index contributed by atoms with van der Waals surface area (Å²) < 4.78 is 7.40. The maximum absolute atomic E-state index is 11.9. The van der Waals surface area contributed by atoms with Crippen molar-refractivity contribution in [2.24, 2.45) is 0 Å². The summed E-state index contributed by atoms with van der Waals surface area (Å²) in [7, 11) is 0. The van der Waals surface area contributed by atoms with Crippen LogP contribution in [0.15, 0.2) is 67.3 Å². The van der Waals surface area contributed by atoms with Crippen LogP contribution in [0.4, 0.5) is 0 Å². The Labute approximate surface area is 151 Å². The van der Waals surface area contributed by atoms with Gasteiger partial charge in [0.1, 0.15) is 5.75 Å². The van der Waals surface area contributed by atoms with E-state index in [9.17, 15) is 4.79 Å². The first-order valence-electron chi connectivity index (χ1n) is 8.16. The first-order valence-corrected chi connectivity index (χ1v) is 8.16. The van der Waals surface area contributed by atoms with Gasteiger partial charge in [-0.15, -0.1) is 0 Å². The van der Waals surface area contributed by atoms with Crippen molar-refractivity contribution in [1.29, 1.82) is 5.26 Å². The molecule has 6 nitrogen and oxygen atoms in total. The molecule has 1 amide bonds. The number of hydrogen-bond acceptors (Lipinski definition) is 4. The Morgan fingerprint density at radius 2 is 1.85 bits per heavy atom. The highest BCUT2D eigenvalue weighted by Crippen LogP contribution is 2.11. The lowest BCUT2D eigenvalue weighted by Gasteiger charge is -2.08. The number of nitrogens with zero attached hydrogens (tertiary/aromatic N) is 3. The Bertz CT molecular complexity index is 879. The minimum atomic E-state index is -0.197. The standard InChI is InChI=1S/C20H18N4O2/c21-11-16-5-7-19(8-6-16)26-14-20(25)23-12-17-1-3-18(4-2-17)13-24-10-9-22-15-24/h1-10,15H,12-14H2,(H,23,25). The average Bonchev–Trinajstić information content (AvgIpc) is 3.19. The number of rotatable bonds is 7. The number of aromatic nitrogens is 2. The molecule has 0 aliphatic heterocycles. The molecule has 1 heterocycles. The summed E-state index contributed by atoms with van der Waals surface area (Å²) in [6, 6.07) is 16.7. The molecule has 0 aliphatic carbocycles. The van der Waals surface area contributed by atoms with Crippen LogP contribution < -0.4 is 10.1 Å². The van der Waals surface area contributed by atoms with Gasteiger partial charge in [-0.05, 0) is 35.4 Å². The van der Waals surface area contributed by atoms with Gasteiger partial charge in [-0.2, -0.15) is 5.26 Å². The lowest BCUT2D eigenvalue weighted by molar-refractivity contribution is -0.123. The number of benzene rings is 2. The molecule has 26 heavy (non-hydrogen) atoms. The van der Waals surface area contributed by atoms with Crippen molar-refractivity contribution >= 4 is 5.91 Å². The molecule has 0 atom stereocenters. The third kappa shape index (κ3) is 4.95. The number of nitriles is 1. The second-order valence-electron chi connectivity index (χ2n) is 5.75. The fraction of sp³-hybridized carbons (Fsp3) is 0.150. The van der Waals surface area contributed by atoms with Crippen LogP contribution in [0, 0.1) is 11.3 Å². The van der Waals surface area contributed by atoms with E-state index in [1.165, 1.54) is 5.56 Å². The molecule has 0 radical (unpaired) electrons. The highest BCUT2D eigenvalue weighted by atomic mass is 16.5. The van der Waals surface area contributed by atoms with Crippen LogP contribution in [0.25, 0.3) is 0 Å².